The first-order chi connectivity index (χ1) is 15.0. The van der Waals surface area contributed by atoms with Crippen molar-refractivity contribution in [2.45, 2.75) is 45.2 Å². The van der Waals surface area contributed by atoms with Gasteiger partial charge in [-0.2, -0.15) is 0 Å². The Kier molecular flexibility index (Phi) is 8.29. The number of benzene rings is 2. The second-order valence-corrected chi connectivity index (χ2v) is 8.16. The molecular weight excluding hydrogens is 395 g/mol. The molecule has 1 saturated heterocycles. The second kappa shape index (κ2) is 11.1. The van der Waals surface area contributed by atoms with Gasteiger partial charge in [-0.15, -0.1) is 0 Å². The molecule has 168 valence electrons. The highest BCUT2D eigenvalue weighted by atomic mass is 19.1. The summed E-state index contributed by atoms with van der Waals surface area (Å²) in [6.07, 6.45) is 4.68. The molecule has 0 aliphatic carbocycles. The number of likely N-dealkylation sites (tertiary alicyclic amines) is 1. The van der Waals surface area contributed by atoms with Crippen LogP contribution in [-0.4, -0.2) is 55.6 Å². The molecule has 3 rings (SSSR count). The number of piperidine rings is 1. The van der Waals surface area contributed by atoms with Crippen LogP contribution >= 0.6 is 0 Å². The highest BCUT2D eigenvalue weighted by Gasteiger charge is 2.20. The number of rotatable bonds is 9. The molecule has 0 radical (unpaired) electrons. The zero-order valence-corrected chi connectivity index (χ0v) is 18.8. The average Bonchev–Trinajstić information content (AvgIpc) is 2.79. The molecule has 0 spiro atoms. The van der Waals surface area contributed by atoms with E-state index in [1.54, 1.807) is 26.4 Å². The Balaban J connectivity index is 1.73. The predicted molar refractivity (Wildman–Crippen MR) is 120 cm³/mol. The normalized spacial score (nSPS) is 16.7. The van der Waals surface area contributed by atoms with Gasteiger partial charge in [-0.1, -0.05) is 12.5 Å². The van der Waals surface area contributed by atoms with Gasteiger partial charge in [-0.25, -0.2) is 4.39 Å². The van der Waals surface area contributed by atoms with Crippen LogP contribution in [0, 0.1) is 5.82 Å². The molecule has 1 heterocycles. The van der Waals surface area contributed by atoms with E-state index in [4.69, 9.17) is 9.47 Å². The van der Waals surface area contributed by atoms with E-state index in [2.05, 4.69) is 11.8 Å². The standard InChI is InChI=1S/C25H33FN2O3/c1-19-7-4-5-14-27(19)15-6-16-28(25(29)21-9-11-22(26)12-10-21)18-20-8-13-23(30-2)24(17-20)31-3/h8-13,17,19H,4-7,14-16,18H2,1-3H3. The first kappa shape index (κ1) is 23.1. The van der Waals surface area contributed by atoms with Crippen molar-refractivity contribution < 1.29 is 18.7 Å². The molecule has 0 N–H and O–H groups in total. The number of methoxy groups -OCH3 is 2. The lowest BCUT2D eigenvalue weighted by atomic mass is 10.0. The molecule has 0 saturated carbocycles. The molecule has 0 bridgehead atoms. The van der Waals surface area contributed by atoms with Crippen molar-refractivity contribution in [1.82, 2.24) is 9.80 Å². The third-order valence-electron chi connectivity index (χ3n) is 6.01. The van der Waals surface area contributed by atoms with Crippen LogP contribution in [-0.2, 0) is 6.54 Å². The van der Waals surface area contributed by atoms with Crippen molar-refractivity contribution in [3.05, 3.63) is 59.4 Å². The predicted octanol–water partition coefficient (Wildman–Crippen LogP) is 4.75. The second-order valence-electron chi connectivity index (χ2n) is 8.16. The molecule has 31 heavy (non-hydrogen) atoms. The monoisotopic (exact) mass is 428 g/mol. The van der Waals surface area contributed by atoms with Gasteiger partial charge >= 0.3 is 0 Å². The number of carbonyl (C=O) groups is 1. The summed E-state index contributed by atoms with van der Waals surface area (Å²) >= 11 is 0. The molecule has 1 atom stereocenters. The topological polar surface area (TPSA) is 42.0 Å². The maximum Gasteiger partial charge on any atom is 0.254 e. The minimum atomic E-state index is -0.345. The summed E-state index contributed by atoms with van der Waals surface area (Å²) in [5.41, 5.74) is 1.45. The van der Waals surface area contributed by atoms with Crippen molar-refractivity contribution in [3.63, 3.8) is 0 Å². The lowest BCUT2D eigenvalue weighted by Crippen LogP contribution is -2.40. The lowest BCUT2D eigenvalue weighted by Gasteiger charge is -2.34. The summed E-state index contributed by atoms with van der Waals surface area (Å²) in [5.74, 6) is 0.849. The molecule has 5 nitrogen and oxygen atoms in total. The Labute approximate surface area is 184 Å². The van der Waals surface area contributed by atoms with Gasteiger partial charge in [0.15, 0.2) is 11.5 Å². The number of hydrogen-bond donors (Lipinski definition) is 0. The summed E-state index contributed by atoms with van der Waals surface area (Å²) in [6, 6.07) is 12.0. The maximum atomic E-state index is 13.3. The summed E-state index contributed by atoms with van der Waals surface area (Å²) in [7, 11) is 3.20. The first-order valence-corrected chi connectivity index (χ1v) is 11.0. The molecule has 1 unspecified atom stereocenters. The van der Waals surface area contributed by atoms with Gasteiger partial charge in [0, 0.05) is 31.2 Å². The van der Waals surface area contributed by atoms with Gasteiger partial charge in [-0.3, -0.25) is 4.79 Å². The van der Waals surface area contributed by atoms with Gasteiger partial charge in [0.25, 0.3) is 5.91 Å². The summed E-state index contributed by atoms with van der Waals surface area (Å²) in [4.78, 5) is 17.6. The summed E-state index contributed by atoms with van der Waals surface area (Å²) in [6.45, 7) is 5.47. The first-order valence-electron chi connectivity index (χ1n) is 11.0. The molecule has 1 fully saturated rings. The van der Waals surface area contributed by atoms with Crippen LogP contribution in [0.1, 0.15) is 48.5 Å². The van der Waals surface area contributed by atoms with Gasteiger partial charge in [0.05, 0.1) is 14.2 Å². The van der Waals surface area contributed by atoms with E-state index in [9.17, 15) is 9.18 Å². The molecule has 0 aromatic heterocycles. The van der Waals surface area contributed by atoms with Crippen molar-refractivity contribution in [2.24, 2.45) is 0 Å². The number of carbonyl (C=O) groups excluding carboxylic acids is 1. The van der Waals surface area contributed by atoms with Crippen molar-refractivity contribution in [3.8, 4) is 11.5 Å². The number of ether oxygens (including phenoxy) is 2. The van der Waals surface area contributed by atoms with Gasteiger partial charge in [0.1, 0.15) is 5.82 Å². The Morgan fingerprint density at radius 3 is 2.52 bits per heavy atom. The van der Waals surface area contributed by atoms with E-state index in [1.165, 1.54) is 31.4 Å². The molecule has 1 amide bonds. The van der Waals surface area contributed by atoms with E-state index < -0.39 is 0 Å². The third kappa shape index (κ3) is 6.20. The van der Waals surface area contributed by atoms with Crippen LogP contribution < -0.4 is 9.47 Å². The third-order valence-corrected chi connectivity index (χ3v) is 6.01. The number of hydrogen-bond acceptors (Lipinski definition) is 4. The van der Waals surface area contributed by atoms with Crippen molar-refractivity contribution in [1.29, 1.82) is 0 Å². The van der Waals surface area contributed by atoms with Crippen molar-refractivity contribution >= 4 is 5.91 Å². The largest absolute Gasteiger partial charge is 0.493 e. The van der Waals surface area contributed by atoms with Gasteiger partial charge < -0.3 is 19.3 Å². The van der Waals surface area contributed by atoms with Gasteiger partial charge in [-0.05, 0) is 74.7 Å². The average molecular weight is 429 g/mol. The van der Waals surface area contributed by atoms with Crippen LogP contribution in [0.3, 0.4) is 0 Å². The van der Waals surface area contributed by atoms with E-state index in [-0.39, 0.29) is 11.7 Å². The molecule has 6 heteroatoms. The maximum absolute atomic E-state index is 13.3. The fourth-order valence-corrected chi connectivity index (χ4v) is 4.18. The fourth-order valence-electron chi connectivity index (χ4n) is 4.18. The van der Waals surface area contributed by atoms with Gasteiger partial charge in [0.2, 0.25) is 0 Å². The van der Waals surface area contributed by atoms with Crippen LogP contribution in [0.15, 0.2) is 42.5 Å². The van der Waals surface area contributed by atoms with Crippen LogP contribution in [0.25, 0.3) is 0 Å². The Hall–Kier alpha value is -2.60. The van der Waals surface area contributed by atoms with Crippen LogP contribution in [0.4, 0.5) is 4.39 Å². The number of nitrogens with zero attached hydrogens (tertiary/aromatic N) is 2. The highest BCUT2D eigenvalue weighted by Crippen LogP contribution is 2.28. The zero-order chi connectivity index (χ0) is 22.2. The SMILES string of the molecule is COc1ccc(CN(CCCN2CCCCC2C)C(=O)c2ccc(F)cc2)cc1OC. The molecule has 1 aliphatic rings. The highest BCUT2D eigenvalue weighted by molar-refractivity contribution is 5.94. The lowest BCUT2D eigenvalue weighted by molar-refractivity contribution is 0.0726. The Morgan fingerprint density at radius 1 is 1.10 bits per heavy atom. The Morgan fingerprint density at radius 2 is 1.84 bits per heavy atom. The number of halogens is 1. The van der Waals surface area contributed by atoms with Crippen LogP contribution in [0.5, 0.6) is 11.5 Å². The van der Waals surface area contributed by atoms with E-state index in [1.807, 2.05) is 23.1 Å². The van der Waals surface area contributed by atoms with Crippen LogP contribution in [0.2, 0.25) is 0 Å². The smallest absolute Gasteiger partial charge is 0.254 e. The summed E-state index contributed by atoms with van der Waals surface area (Å²) < 4.78 is 24.1. The molecule has 2 aromatic rings. The number of amides is 1. The molecule has 1 aliphatic heterocycles. The summed E-state index contributed by atoms with van der Waals surface area (Å²) in [5, 5.41) is 0. The quantitative estimate of drug-likeness (QED) is 0.578. The minimum Gasteiger partial charge on any atom is -0.493 e. The van der Waals surface area contributed by atoms with E-state index in [0.29, 0.717) is 36.2 Å². The fraction of sp³-hybridized carbons (Fsp3) is 0.480. The van der Waals surface area contributed by atoms with E-state index >= 15 is 0 Å². The Bertz CT molecular complexity index is 856. The molecular formula is C25H33FN2O3. The zero-order valence-electron chi connectivity index (χ0n) is 18.8. The van der Waals surface area contributed by atoms with E-state index in [0.717, 1.165) is 25.1 Å². The van der Waals surface area contributed by atoms with Crippen molar-refractivity contribution in [2.75, 3.05) is 33.9 Å². The minimum absolute atomic E-state index is 0.0959. The molecule has 2 aromatic carbocycles.